The number of nitrogens with zero attached hydrogens (tertiary/aromatic N) is 2. The van der Waals surface area contributed by atoms with E-state index in [1.54, 1.807) is 6.07 Å². The Morgan fingerprint density at radius 2 is 1.86 bits per heavy atom. The summed E-state index contributed by atoms with van der Waals surface area (Å²) in [6.07, 6.45) is 2.59. The van der Waals surface area contributed by atoms with Gasteiger partial charge >= 0.3 is 0 Å². The van der Waals surface area contributed by atoms with Crippen LogP contribution < -0.4 is 5.32 Å². The molecule has 0 radical (unpaired) electrons. The van der Waals surface area contributed by atoms with Gasteiger partial charge in [0.05, 0.1) is 16.8 Å². The molecule has 140 valence electrons. The van der Waals surface area contributed by atoms with Crippen LogP contribution in [0.4, 0.5) is 5.00 Å². The molecule has 0 unspecified atom stereocenters. The van der Waals surface area contributed by atoms with E-state index in [9.17, 15) is 9.59 Å². The van der Waals surface area contributed by atoms with Crippen molar-refractivity contribution in [1.29, 1.82) is 0 Å². The second-order valence-electron chi connectivity index (χ2n) is 6.78. The Balaban J connectivity index is 1.66. The number of rotatable bonds is 5. The Bertz CT molecular complexity index is 1170. The topological polar surface area (TPSA) is 63.5 Å². The van der Waals surface area contributed by atoms with Crippen molar-refractivity contribution in [2.75, 3.05) is 5.32 Å². The summed E-state index contributed by atoms with van der Waals surface area (Å²) in [5.41, 5.74) is 5.26. The number of pyridine rings is 1. The number of benzene rings is 1. The number of nitrogens with one attached hydrogen (secondary N) is 1. The molecule has 0 spiro atoms. The summed E-state index contributed by atoms with van der Waals surface area (Å²) in [5.74, 6) is -1.20. The molecule has 0 saturated heterocycles. The van der Waals surface area contributed by atoms with Crippen LogP contribution in [-0.2, 0) is 11.2 Å². The van der Waals surface area contributed by atoms with Crippen LogP contribution >= 0.6 is 11.5 Å². The number of carbonyl (C=O) groups excluding carboxylic acids is 2. The number of anilines is 1. The lowest BCUT2D eigenvalue weighted by molar-refractivity contribution is -0.112. The first kappa shape index (κ1) is 18.1. The number of Topliss-reactive ketones (excluding diaryl/α,β-unsaturated/α-hetero) is 1. The van der Waals surface area contributed by atoms with E-state index in [0.29, 0.717) is 17.0 Å². The smallest absolute Gasteiger partial charge is 0.297 e. The Morgan fingerprint density at radius 1 is 1.07 bits per heavy atom. The van der Waals surface area contributed by atoms with Crippen LogP contribution in [0.3, 0.4) is 0 Å². The highest BCUT2D eigenvalue weighted by Crippen LogP contribution is 2.22. The van der Waals surface area contributed by atoms with Crippen molar-refractivity contribution in [3.63, 3.8) is 0 Å². The summed E-state index contributed by atoms with van der Waals surface area (Å²) < 4.78 is 6.09. The molecule has 1 aromatic carbocycles. The van der Waals surface area contributed by atoms with Crippen molar-refractivity contribution in [3.8, 4) is 0 Å². The summed E-state index contributed by atoms with van der Waals surface area (Å²) in [6.45, 7) is 3.89. The molecule has 4 rings (SSSR count). The SMILES string of the molecule is Cc1ccc(Cc2cc(C(=O)C(=O)Nc3cc(C)ns3)c3ccccn23)cc1. The maximum atomic E-state index is 12.8. The third-order valence-corrected chi connectivity index (χ3v) is 5.37. The summed E-state index contributed by atoms with van der Waals surface area (Å²) >= 11 is 1.16. The molecule has 0 aliphatic heterocycles. The van der Waals surface area contributed by atoms with Crippen molar-refractivity contribution in [2.45, 2.75) is 20.3 Å². The maximum absolute atomic E-state index is 12.8. The minimum atomic E-state index is -0.651. The maximum Gasteiger partial charge on any atom is 0.297 e. The van der Waals surface area contributed by atoms with E-state index in [-0.39, 0.29) is 0 Å². The van der Waals surface area contributed by atoms with Crippen LogP contribution in [0.1, 0.15) is 32.9 Å². The molecule has 0 atom stereocenters. The molecule has 0 saturated carbocycles. The molecular weight excluding hydrogens is 370 g/mol. The van der Waals surface area contributed by atoms with Crippen LogP contribution in [0, 0.1) is 13.8 Å². The van der Waals surface area contributed by atoms with Gasteiger partial charge in [0.2, 0.25) is 0 Å². The summed E-state index contributed by atoms with van der Waals surface area (Å²) in [7, 11) is 0. The predicted molar refractivity (Wildman–Crippen MR) is 111 cm³/mol. The zero-order chi connectivity index (χ0) is 19.7. The number of aryl methyl sites for hydroxylation is 2. The fraction of sp³-hybridized carbons (Fsp3) is 0.136. The standard InChI is InChI=1S/C22H19N3O2S/c1-14-6-8-16(9-7-14)12-17-13-18(19-5-3-4-10-25(17)19)21(26)22(27)23-20-11-15(2)24-28-20/h3-11,13H,12H2,1-2H3,(H,23,27). The molecule has 0 bridgehead atoms. The third-order valence-electron chi connectivity index (χ3n) is 4.58. The number of aromatic nitrogens is 2. The number of amides is 1. The van der Waals surface area contributed by atoms with Crippen molar-refractivity contribution in [3.05, 3.63) is 88.9 Å². The number of fused-ring (bicyclic) bond motifs is 1. The van der Waals surface area contributed by atoms with Crippen molar-refractivity contribution < 1.29 is 9.59 Å². The Kier molecular flexibility index (Phi) is 4.79. The fourth-order valence-corrected chi connectivity index (χ4v) is 3.83. The summed E-state index contributed by atoms with van der Waals surface area (Å²) in [6, 6.07) is 17.5. The molecule has 0 aliphatic carbocycles. The van der Waals surface area contributed by atoms with E-state index in [1.807, 2.05) is 41.8 Å². The highest BCUT2D eigenvalue weighted by atomic mass is 32.1. The number of carbonyl (C=O) groups is 2. The van der Waals surface area contributed by atoms with Crippen LogP contribution in [0.2, 0.25) is 0 Å². The first-order valence-electron chi connectivity index (χ1n) is 8.95. The normalized spacial score (nSPS) is 10.9. The molecule has 3 heterocycles. The fourth-order valence-electron chi connectivity index (χ4n) is 3.17. The van der Waals surface area contributed by atoms with Gasteiger partial charge in [0, 0.05) is 18.3 Å². The van der Waals surface area contributed by atoms with Crippen molar-refractivity contribution in [1.82, 2.24) is 8.77 Å². The van der Waals surface area contributed by atoms with Crippen molar-refractivity contribution in [2.24, 2.45) is 0 Å². The molecular formula is C22H19N3O2S. The predicted octanol–water partition coefficient (Wildman–Crippen LogP) is 4.42. The highest BCUT2D eigenvalue weighted by molar-refractivity contribution is 7.10. The molecule has 4 aromatic rings. The highest BCUT2D eigenvalue weighted by Gasteiger charge is 2.22. The zero-order valence-electron chi connectivity index (χ0n) is 15.6. The van der Waals surface area contributed by atoms with Gasteiger partial charge in [0.1, 0.15) is 5.00 Å². The van der Waals surface area contributed by atoms with Gasteiger partial charge in [-0.1, -0.05) is 35.9 Å². The van der Waals surface area contributed by atoms with E-state index >= 15 is 0 Å². The summed E-state index contributed by atoms with van der Waals surface area (Å²) in [4.78, 5) is 25.3. The zero-order valence-corrected chi connectivity index (χ0v) is 16.4. The second-order valence-corrected chi connectivity index (χ2v) is 7.59. The number of ketones is 1. The Hall–Kier alpha value is -3.25. The van der Waals surface area contributed by atoms with Gasteiger partial charge in [-0.05, 0) is 55.2 Å². The molecule has 0 aliphatic rings. The Labute approximate surface area is 166 Å². The van der Waals surface area contributed by atoms with E-state index in [0.717, 1.165) is 34.0 Å². The lowest BCUT2D eigenvalue weighted by Gasteiger charge is -2.04. The quantitative estimate of drug-likeness (QED) is 0.406. The van der Waals surface area contributed by atoms with E-state index in [2.05, 4.69) is 40.9 Å². The van der Waals surface area contributed by atoms with E-state index < -0.39 is 11.7 Å². The van der Waals surface area contributed by atoms with Crippen LogP contribution in [-0.4, -0.2) is 20.5 Å². The van der Waals surface area contributed by atoms with E-state index in [1.165, 1.54) is 5.56 Å². The summed E-state index contributed by atoms with van der Waals surface area (Å²) in [5, 5.41) is 3.22. The van der Waals surface area contributed by atoms with Gasteiger partial charge in [0.25, 0.3) is 11.7 Å². The largest absolute Gasteiger partial charge is 0.320 e. The molecule has 28 heavy (non-hydrogen) atoms. The minimum absolute atomic E-state index is 0.404. The van der Waals surface area contributed by atoms with Gasteiger partial charge in [-0.15, -0.1) is 0 Å². The van der Waals surface area contributed by atoms with Crippen LogP contribution in [0.5, 0.6) is 0 Å². The van der Waals surface area contributed by atoms with Gasteiger partial charge in [-0.25, -0.2) is 0 Å². The van der Waals surface area contributed by atoms with E-state index in [4.69, 9.17) is 0 Å². The van der Waals surface area contributed by atoms with Gasteiger partial charge < -0.3 is 9.72 Å². The molecule has 6 heteroatoms. The first-order valence-corrected chi connectivity index (χ1v) is 9.72. The molecule has 1 N–H and O–H groups in total. The van der Waals surface area contributed by atoms with Gasteiger partial charge in [0.15, 0.2) is 0 Å². The number of hydrogen-bond acceptors (Lipinski definition) is 4. The molecule has 3 aromatic heterocycles. The molecule has 1 amide bonds. The minimum Gasteiger partial charge on any atom is -0.320 e. The second kappa shape index (κ2) is 7.40. The number of hydrogen-bond donors (Lipinski definition) is 1. The molecule has 5 nitrogen and oxygen atoms in total. The monoisotopic (exact) mass is 389 g/mol. The van der Waals surface area contributed by atoms with Crippen molar-refractivity contribution >= 4 is 33.7 Å². The van der Waals surface area contributed by atoms with Gasteiger partial charge in [-0.2, -0.15) is 4.37 Å². The lowest BCUT2D eigenvalue weighted by atomic mass is 10.1. The average Bonchev–Trinajstić information content (AvgIpc) is 3.27. The van der Waals surface area contributed by atoms with Gasteiger partial charge in [-0.3, -0.25) is 9.59 Å². The van der Waals surface area contributed by atoms with Crippen LogP contribution in [0.15, 0.2) is 60.8 Å². The first-order chi connectivity index (χ1) is 13.5. The third kappa shape index (κ3) is 3.59. The van der Waals surface area contributed by atoms with Crippen LogP contribution in [0.25, 0.3) is 5.52 Å². The lowest BCUT2D eigenvalue weighted by Crippen LogP contribution is -2.22. The molecule has 0 fully saturated rings. The average molecular weight is 389 g/mol. The Morgan fingerprint density at radius 3 is 2.57 bits per heavy atom.